The van der Waals surface area contributed by atoms with Crippen molar-refractivity contribution in [2.24, 2.45) is 5.73 Å². The number of thioether (sulfide) groups is 1. The molecule has 0 saturated carbocycles. The summed E-state index contributed by atoms with van der Waals surface area (Å²) in [5.41, 5.74) is 6.01. The van der Waals surface area contributed by atoms with Crippen LogP contribution in [-0.2, 0) is 4.74 Å². The monoisotopic (exact) mass is 258 g/mol. The van der Waals surface area contributed by atoms with Crippen molar-refractivity contribution in [1.29, 1.82) is 0 Å². The van der Waals surface area contributed by atoms with Crippen LogP contribution >= 0.6 is 11.8 Å². The Hall–Kier alpha value is 0.230. The fraction of sp³-hybridized carbons (Fsp3) is 1.00. The van der Waals surface area contributed by atoms with Crippen molar-refractivity contribution in [2.45, 2.75) is 63.2 Å². The van der Waals surface area contributed by atoms with Gasteiger partial charge < -0.3 is 10.5 Å². The van der Waals surface area contributed by atoms with E-state index in [4.69, 9.17) is 10.5 Å². The van der Waals surface area contributed by atoms with E-state index in [9.17, 15) is 0 Å². The highest BCUT2D eigenvalue weighted by atomic mass is 32.2. The lowest BCUT2D eigenvalue weighted by Crippen LogP contribution is -2.56. The molecule has 0 amide bonds. The molecule has 2 N–H and O–H groups in total. The molecule has 100 valence electrons. The van der Waals surface area contributed by atoms with Crippen molar-refractivity contribution in [3.05, 3.63) is 0 Å². The van der Waals surface area contributed by atoms with Gasteiger partial charge in [-0.25, -0.2) is 0 Å². The highest BCUT2D eigenvalue weighted by Gasteiger charge is 2.37. The van der Waals surface area contributed by atoms with Crippen LogP contribution in [0.2, 0.25) is 0 Å². The first-order valence-electron chi connectivity index (χ1n) is 6.86. The second-order valence-electron chi connectivity index (χ2n) is 5.42. The highest BCUT2D eigenvalue weighted by Crippen LogP contribution is 2.30. The van der Waals surface area contributed by atoms with Crippen LogP contribution in [0.1, 0.15) is 33.6 Å². The minimum absolute atomic E-state index is 0.354. The number of ether oxygens (including phenoxy) is 1. The number of nitrogens with two attached hydrogens (primary N) is 1. The summed E-state index contributed by atoms with van der Waals surface area (Å²) in [5, 5.41) is 0.705. The maximum absolute atomic E-state index is 6.02. The number of hydrogen-bond donors (Lipinski definition) is 1. The molecule has 4 heteroatoms. The lowest BCUT2D eigenvalue weighted by Gasteiger charge is -2.44. The Morgan fingerprint density at radius 1 is 1.35 bits per heavy atom. The Morgan fingerprint density at radius 3 is 2.71 bits per heavy atom. The fourth-order valence-electron chi connectivity index (χ4n) is 3.04. The van der Waals surface area contributed by atoms with Gasteiger partial charge in [-0.3, -0.25) is 4.90 Å². The van der Waals surface area contributed by atoms with Crippen molar-refractivity contribution in [3.63, 3.8) is 0 Å². The van der Waals surface area contributed by atoms with Gasteiger partial charge in [-0.2, -0.15) is 11.8 Å². The Morgan fingerprint density at radius 2 is 2.12 bits per heavy atom. The molecule has 2 saturated heterocycles. The zero-order valence-corrected chi connectivity index (χ0v) is 12.1. The maximum atomic E-state index is 6.02. The lowest BCUT2D eigenvalue weighted by molar-refractivity contribution is -0.0146. The van der Waals surface area contributed by atoms with Crippen molar-refractivity contribution in [1.82, 2.24) is 4.90 Å². The lowest BCUT2D eigenvalue weighted by atomic mass is 10.0. The van der Waals surface area contributed by atoms with Crippen LogP contribution in [-0.4, -0.2) is 53.3 Å². The third kappa shape index (κ3) is 2.98. The molecule has 2 rings (SSSR count). The molecule has 0 bridgehead atoms. The maximum Gasteiger partial charge on any atom is 0.0747 e. The van der Waals surface area contributed by atoms with Gasteiger partial charge in [0.25, 0.3) is 0 Å². The van der Waals surface area contributed by atoms with E-state index in [0.717, 1.165) is 13.1 Å². The summed E-state index contributed by atoms with van der Waals surface area (Å²) in [6.07, 6.45) is 3.13. The summed E-state index contributed by atoms with van der Waals surface area (Å²) < 4.78 is 6.02. The van der Waals surface area contributed by atoms with Crippen LogP contribution in [0.15, 0.2) is 0 Å². The van der Waals surface area contributed by atoms with Gasteiger partial charge >= 0.3 is 0 Å². The number of hydrogen-bond acceptors (Lipinski definition) is 4. The molecule has 3 nitrogen and oxygen atoms in total. The molecule has 2 aliphatic heterocycles. The molecular formula is C13H26N2OS. The second-order valence-corrected chi connectivity index (χ2v) is 6.91. The van der Waals surface area contributed by atoms with E-state index in [-0.39, 0.29) is 0 Å². The minimum atomic E-state index is 0.354. The highest BCUT2D eigenvalue weighted by molar-refractivity contribution is 8.00. The first-order chi connectivity index (χ1) is 8.13. The van der Waals surface area contributed by atoms with Gasteiger partial charge in [-0.15, -0.1) is 0 Å². The van der Waals surface area contributed by atoms with Crippen molar-refractivity contribution in [2.75, 3.05) is 18.8 Å². The average molecular weight is 258 g/mol. The molecule has 5 unspecified atom stereocenters. The Balaban J connectivity index is 2.01. The van der Waals surface area contributed by atoms with Crippen molar-refractivity contribution >= 4 is 11.8 Å². The molecule has 0 aromatic carbocycles. The standard InChI is InChI=1S/C13H26N2OS/c1-9-4-5-13(16-9)12(8-14)15-6-7-17-11(3)10(15)2/h9-13H,4-8,14H2,1-3H3. The van der Waals surface area contributed by atoms with Crippen LogP contribution < -0.4 is 5.73 Å². The quantitative estimate of drug-likeness (QED) is 0.836. The van der Waals surface area contributed by atoms with Crippen molar-refractivity contribution < 1.29 is 4.74 Å². The predicted octanol–water partition coefficient (Wildman–Crippen LogP) is 1.71. The molecule has 2 heterocycles. The molecule has 2 aliphatic rings. The fourth-order valence-corrected chi connectivity index (χ4v) is 4.16. The molecule has 2 fully saturated rings. The van der Waals surface area contributed by atoms with E-state index < -0.39 is 0 Å². The molecular weight excluding hydrogens is 232 g/mol. The summed E-state index contributed by atoms with van der Waals surface area (Å²) in [5.74, 6) is 1.23. The van der Waals surface area contributed by atoms with E-state index in [1.54, 1.807) is 0 Å². The second kappa shape index (κ2) is 5.91. The topological polar surface area (TPSA) is 38.5 Å². The first kappa shape index (κ1) is 13.7. The van der Waals surface area contributed by atoms with E-state index in [1.807, 2.05) is 0 Å². The smallest absolute Gasteiger partial charge is 0.0747 e. The summed E-state index contributed by atoms with van der Waals surface area (Å²) >= 11 is 2.08. The zero-order chi connectivity index (χ0) is 12.4. The largest absolute Gasteiger partial charge is 0.374 e. The van der Waals surface area contributed by atoms with Crippen LogP contribution in [0.5, 0.6) is 0 Å². The Bertz CT molecular complexity index is 252. The normalized spacial score (nSPS) is 41.6. The van der Waals surface area contributed by atoms with Crippen molar-refractivity contribution in [3.8, 4) is 0 Å². The third-order valence-electron chi connectivity index (χ3n) is 4.29. The number of rotatable bonds is 3. The first-order valence-corrected chi connectivity index (χ1v) is 7.91. The Kier molecular flexibility index (Phi) is 4.75. The average Bonchev–Trinajstić information content (AvgIpc) is 2.72. The SMILES string of the molecule is CC1CCC(C(CN)N2CCSC(C)C2C)O1. The molecule has 0 radical (unpaired) electrons. The zero-order valence-electron chi connectivity index (χ0n) is 11.3. The van der Waals surface area contributed by atoms with Gasteiger partial charge in [-0.1, -0.05) is 6.92 Å². The molecule has 17 heavy (non-hydrogen) atoms. The molecule has 0 spiro atoms. The van der Waals surface area contributed by atoms with Gasteiger partial charge in [0.1, 0.15) is 0 Å². The molecule has 0 aliphatic carbocycles. The van der Waals surface area contributed by atoms with E-state index >= 15 is 0 Å². The van der Waals surface area contributed by atoms with E-state index in [2.05, 4.69) is 37.4 Å². The van der Waals surface area contributed by atoms with Crippen LogP contribution in [0, 0.1) is 0 Å². The minimum Gasteiger partial charge on any atom is -0.374 e. The van der Waals surface area contributed by atoms with Gasteiger partial charge in [-0.05, 0) is 26.7 Å². The van der Waals surface area contributed by atoms with Gasteiger partial charge in [0.2, 0.25) is 0 Å². The molecule has 0 aromatic heterocycles. The van der Waals surface area contributed by atoms with E-state index in [1.165, 1.54) is 18.6 Å². The third-order valence-corrected chi connectivity index (χ3v) is 5.63. The summed E-state index contributed by atoms with van der Waals surface area (Å²) in [6.45, 7) is 8.71. The van der Waals surface area contributed by atoms with Gasteiger partial charge in [0.15, 0.2) is 0 Å². The van der Waals surface area contributed by atoms with Crippen LogP contribution in [0.4, 0.5) is 0 Å². The number of nitrogens with zero attached hydrogens (tertiary/aromatic N) is 1. The predicted molar refractivity (Wildman–Crippen MR) is 74.5 cm³/mol. The summed E-state index contributed by atoms with van der Waals surface area (Å²) in [6, 6.07) is 1.03. The summed E-state index contributed by atoms with van der Waals surface area (Å²) in [7, 11) is 0. The molecule has 5 atom stereocenters. The van der Waals surface area contributed by atoms with Gasteiger partial charge in [0, 0.05) is 36.2 Å². The van der Waals surface area contributed by atoms with Gasteiger partial charge in [0.05, 0.1) is 12.2 Å². The van der Waals surface area contributed by atoms with E-state index in [0.29, 0.717) is 29.5 Å². The summed E-state index contributed by atoms with van der Waals surface area (Å²) in [4.78, 5) is 2.59. The molecule has 0 aromatic rings. The van der Waals surface area contributed by atoms with Crippen LogP contribution in [0.3, 0.4) is 0 Å². The Labute approximate surface area is 109 Å². The van der Waals surface area contributed by atoms with Crippen LogP contribution in [0.25, 0.3) is 0 Å².